The number of anilines is 1. The molecule has 0 N–H and O–H groups in total. The van der Waals surface area contributed by atoms with E-state index in [0.29, 0.717) is 15.8 Å². The molecule has 2 aromatic heterocycles. The van der Waals surface area contributed by atoms with Crippen molar-refractivity contribution in [1.29, 1.82) is 0 Å². The number of amides is 1. The van der Waals surface area contributed by atoms with Crippen LogP contribution in [0.15, 0.2) is 24.5 Å². The first-order chi connectivity index (χ1) is 9.99. The van der Waals surface area contributed by atoms with Gasteiger partial charge in [0.2, 0.25) is 5.91 Å². The molecule has 2 heterocycles. The molecule has 1 unspecified atom stereocenters. The quantitative estimate of drug-likeness (QED) is 0.837. The van der Waals surface area contributed by atoms with E-state index in [1.807, 2.05) is 12.1 Å². The zero-order valence-corrected chi connectivity index (χ0v) is 14.0. The molecule has 0 bridgehead atoms. The highest BCUT2D eigenvalue weighted by atomic mass is 35.5. The molecule has 0 aliphatic heterocycles. The molecule has 0 aromatic carbocycles. The van der Waals surface area contributed by atoms with Gasteiger partial charge in [-0.1, -0.05) is 22.9 Å². The van der Waals surface area contributed by atoms with E-state index >= 15 is 0 Å². The Morgan fingerprint density at radius 2 is 2.29 bits per heavy atom. The second-order valence-corrected chi connectivity index (χ2v) is 7.23. The Labute approximate surface area is 134 Å². The van der Waals surface area contributed by atoms with Crippen molar-refractivity contribution in [3.8, 4) is 10.6 Å². The van der Waals surface area contributed by atoms with Crippen LogP contribution in [0.25, 0.3) is 10.6 Å². The summed E-state index contributed by atoms with van der Waals surface area (Å²) in [7, 11) is 0.656. The summed E-state index contributed by atoms with van der Waals surface area (Å²) in [5.41, 5.74) is 0.853. The number of hydrogen-bond donors (Lipinski definition) is 0. The van der Waals surface area contributed by atoms with Crippen LogP contribution in [-0.4, -0.2) is 39.1 Å². The van der Waals surface area contributed by atoms with E-state index < -0.39 is 10.8 Å². The summed E-state index contributed by atoms with van der Waals surface area (Å²) in [4.78, 5) is 21.8. The zero-order chi connectivity index (χ0) is 15.4. The van der Waals surface area contributed by atoms with Crippen LogP contribution in [0, 0.1) is 0 Å². The fourth-order valence-electron chi connectivity index (χ4n) is 1.63. The van der Waals surface area contributed by atoms with Gasteiger partial charge >= 0.3 is 0 Å². The van der Waals surface area contributed by atoms with Crippen molar-refractivity contribution < 1.29 is 9.00 Å². The van der Waals surface area contributed by atoms with E-state index in [0.717, 1.165) is 5.56 Å². The standard InChI is InChI=1S/C13H14ClN3O2S2/c1-17(10(18)5-7-21(2)19)13-11(14)16-12(20-13)9-4-3-6-15-8-9/h3-4,6,8H,5,7H2,1-2H3. The number of thiazole rings is 1. The largest absolute Gasteiger partial charge is 0.304 e. The third-order valence-electron chi connectivity index (χ3n) is 2.76. The highest BCUT2D eigenvalue weighted by molar-refractivity contribution is 7.84. The topological polar surface area (TPSA) is 63.2 Å². The van der Waals surface area contributed by atoms with E-state index in [2.05, 4.69) is 9.97 Å². The first-order valence-electron chi connectivity index (χ1n) is 6.12. The van der Waals surface area contributed by atoms with Crippen molar-refractivity contribution in [3.05, 3.63) is 29.7 Å². The number of hydrogen-bond acceptors (Lipinski definition) is 5. The van der Waals surface area contributed by atoms with Crippen LogP contribution in [0.3, 0.4) is 0 Å². The monoisotopic (exact) mass is 343 g/mol. The lowest BCUT2D eigenvalue weighted by Gasteiger charge is -2.14. The molecular weight excluding hydrogens is 330 g/mol. The molecule has 5 nitrogen and oxygen atoms in total. The van der Waals surface area contributed by atoms with Gasteiger partial charge in [-0.3, -0.25) is 14.0 Å². The molecule has 0 saturated carbocycles. The molecular formula is C13H14ClN3O2S2. The third kappa shape index (κ3) is 4.09. The van der Waals surface area contributed by atoms with Crippen molar-refractivity contribution in [3.63, 3.8) is 0 Å². The summed E-state index contributed by atoms with van der Waals surface area (Å²) in [6, 6.07) is 3.70. The van der Waals surface area contributed by atoms with Crippen molar-refractivity contribution in [2.45, 2.75) is 6.42 Å². The maximum absolute atomic E-state index is 12.0. The van der Waals surface area contributed by atoms with Crippen LogP contribution in [0.4, 0.5) is 5.00 Å². The van der Waals surface area contributed by atoms with Gasteiger partial charge in [-0.25, -0.2) is 4.98 Å². The summed E-state index contributed by atoms with van der Waals surface area (Å²) in [5.74, 6) is 0.211. The van der Waals surface area contributed by atoms with Gasteiger partial charge < -0.3 is 4.90 Å². The van der Waals surface area contributed by atoms with Crippen molar-refractivity contribution >= 4 is 44.6 Å². The van der Waals surface area contributed by atoms with Crippen LogP contribution in [0.1, 0.15) is 6.42 Å². The Morgan fingerprint density at radius 3 is 2.90 bits per heavy atom. The Kier molecular flexibility index (Phi) is 5.44. The number of carbonyl (C=O) groups excluding carboxylic acids is 1. The maximum Gasteiger partial charge on any atom is 0.228 e. The minimum atomic E-state index is -0.990. The molecule has 2 rings (SSSR count). The van der Waals surface area contributed by atoms with E-state index in [4.69, 9.17) is 11.6 Å². The SMILES string of the molecule is CN(C(=O)CCS(C)=O)c1sc(-c2cccnc2)nc1Cl. The van der Waals surface area contributed by atoms with Gasteiger partial charge in [-0.05, 0) is 12.1 Å². The first kappa shape index (κ1) is 16.1. The molecule has 0 radical (unpaired) electrons. The second-order valence-electron chi connectivity index (χ2n) is 4.34. The molecule has 8 heteroatoms. The number of aromatic nitrogens is 2. The predicted octanol–water partition coefficient (Wildman–Crippen LogP) is 2.59. The number of halogens is 1. The first-order valence-corrected chi connectivity index (χ1v) is 9.04. The van der Waals surface area contributed by atoms with Gasteiger partial charge in [0.15, 0.2) is 5.15 Å². The summed E-state index contributed by atoms with van der Waals surface area (Å²) in [6.07, 6.45) is 5.17. The molecule has 0 aliphatic carbocycles. The van der Waals surface area contributed by atoms with Crippen molar-refractivity contribution in [2.75, 3.05) is 24.0 Å². The summed E-state index contributed by atoms with van der Waals surface area (Å²) >= 11 is 7.45. The van der Waals surface area contributed by atoms with Crippen LogP contribution < -0.4 is 4.90 Å². The zero-order valence-electron chi connectivity index (χ0n) is 11.6. The Morgan fingerprint density at radius 1 is 1.52 bits per heavy atom. The Hall–Kier alpha value is -1.31. The third-order valence-corrected chi connectivity index (χ3v) is 5.10. The Bertz CT molecular complexity index is 661. The maximum atomic E-state index is 12.0. The average molecular weight is 344 g/mol. The number of pyridine rings is 1. The van der Waals surface area contributed by atoms with Gasteiger partial charge in [-0.2, -0.15) is 0 Å². The molecule has 1 atom stereocenters. The summed E-state index contributed by atoms with van der Waals surface area (Å²) in [5, 5.41) is 1.58. The predicted molar refractivity (Wildman–Crippen MR) is 87.3 cm³/mol. The molecule has 21 heavy (non-hydrogen) atoms. The highest BCUT2D eigenvalue weighted by Crippen LogP contribution is 2.37. The Balaban J connectivity index is 2.19. The van der Waals surface area contributed by atoms with Crippen molar-refractivity contribution in [2.24, 2.45) is 0 Å². The van der Waals surface area contributed by atoms with Crippen LogP contribution in [0.5, 0.6) is 0 Å². The van der Waals surface area contributed by atoms with Crippen LogP contribution in [-0.2, 0) is 15.6 Å². The van der Waals surface area contributed by atoms with Gasteiger partial charge in [0.25, 0.3) is 0 Å². The minimum absolute atomic E-state index is 0.131. The lowest BCUT2D eigenvalue weighted by molar-refractivity contribution is -0.117. The molecule has 112 valence electrons. The number of nitrogens with zero attached hydrogens (tertiary/aromatic N) is 3. The fraction of sp³-hybridized carbons (Fsp3) is 0.308. The van der Waals surface area contributed by atoms with Crippen LogP contribution >= 0.6 is 22.9 Å². The van der Waals surface area contributed by atoms with E-state index in [1.165, 1.54) is 16.2 Å². The average Bonchev–Trinajstić information content (AvgIpc) is 2.86. The van der Waals surface area contributed by atoms with Gasteiger partial charge in [0, 0.05) is 54.2 Å². The lowest BCUT2D eigenvalue weighted by atomic mass is 10.3. The molecule has 0 aliphatic rings. The van der Waals surface area contributed by atoms with Gasteiger partial charge in [0.1, 0.15) is 10.0 Å². The van der Waals surface area contributed by atoms with Gasteiger partial charge in [0.05, 0.1) is 0 Å². The summed E-state index contributed by atoms with van der Waals surface area (Å²) < 4.78 is 11.1. The van der Waals surface area contributed by atoms with E-state index in [9.17, 15) is 9.00 Å². The molecule has 2 aromatic rings. The summed E-state index contributed by atoms with van der Waals surface area (Å²) in [6.45, 7) is 0. The fourth-order valence-corrected chi connectivity index (χ4v) is 3.39. The number of rotatable bonds is 5. The van der Waals surface area contributed by atoms with Crippen LogP contribution in [0.2, 0.25) is 5.15 Å². The molecule has 0 fully saturated rings. The lowest BCUT2D eigenvalue weighted by Crippen LogP contribution is -2.26. The van der Waals surface area contributed by atoms with Crippen molar-refractivity contribution in [1.82, 2.24) is 9.97 Å². The molecule has 1 amide bonds. The van der Waals surface area contributed by atoms with Gasteiger partial charge in [-0.15, -0.1) is 0 Å². The molecule has 0 spiro atoms. The normalized spacial score (nSPS) is 12.1. The smallest absolute Gasteiger partial charge is 0.228 e. The second kappa shape index (κ2) is 7.11. The molecule has 0 saturated heterocycles. The van der Waals surface area contributed by atoms with E-state index in [-0.39, 0.29) is 17.5 Å². The number of carbonyl (C=O) groups is 1. The minimum Gasteiger partial charge on any atom is -0.304 e. The van der Waals surface area contributed by atoms with E-state index in [1.54, 1.807) is 25.7 Å². The highest BCUT2D eigenvalue weighted by Gasteiger charge is 2.19.